The van der Waals surface area contributed by atoms with Gasteiger partial charge in [-0.3, -0.25) is 9.89 Å². The first kappa shape index (κ1) is 15.0. The summed E-state index contributed by atoms with van der Waals surface area (Å²) in [5.74, 6) is -0.132. The van der Waals surface area contributed by atoms with E-state index >= 15 is 0 Å². The van der Waals surface area contributed by atoms with E-state index < -0.39 is 0 Å². The molecule has 2 aromatic carbocycles. The Kier molecular flexibility index (Phi) is 4.52. The maximum atomic E-state index is 12.6. The van der Waals surface area contributed by atoms with Crippen LogP contribution in [0.5, 0.6) is 0 Å². The highest BCUT2D eigenvalue weighted by molar-refractivity contribution is 5.96. The van der Waals surface area contributed by atoms with Crippen molar-refractivity contribution in [3.05, 3.63) is 72.4 Å². The highest BCUT2D eigenvalue weighted by Gasteiger charge is 2.18. The molecule has 1 aromatic heterocycles. The molecule has 3 aromatic rings. The Hall–Kier alpha value is -2.88. The molecule has 1 atom stereocenters. The summed E-state index contributed by atoms with van der Waals surface area (Å²) in [6, 6.07) is 19.5. The van der Waals surface area contributed by atoms with Crippen LogP contribution < -0.4 is 5.32 Å². The van der Waals surface area contributed by atoms with Crippen molar-refractivity contribution in [3.8, 4) is 11.3 Å². The summed E-state index contributed by atoms with van der Waals surface area (Å²) in [6.45, 7) is 2.03. The van der Waals surface area contributed by atoms with Crippen LogP contribution in [0.15, 0.2) is 66.9 Å². The molecule has 0 spiro atoms. The predicted molar refractivity (Wildman–Crippen MR) is 92.1 cm³/mol. The molecule has 0 aliphatic heterocycles. The van der Waals surface area contributed by atoms with Crippen molar-refractivity contribution in [2.24, 2.45) is 0 Å². The van der Waals surface area contributed by atoms with E-state index in [1.165, 1.54) is 0 Å². The highest BCUT2D eigenvalue weighted by Crippen LogP contribution is 2.24. The van der Waals surface area contributed by atoms with Crippen LogP contribution in [0.25, 0.3) is 11.3 Å². The molecule has 1 amide bonds. The molecule has 1 heterocycles. The van der Waals surface area contributed by atoms with Gasteiger partial charge in [-0.05, 0) is 30.2 Å². The van der Waals surface area contributed by atoms with Gasteiger partial charge in [-0.2, -0.15) is 5.10 Å². The predicted octanol–water partition coefficient (Wildman–Crippen LogP) is 4.21. The largest absolute Gasteiger partial charge is 0.326 e. The van der Waals surface area contributed by atoms with Crippen LogP contribution in [-0.4, -0.2) is 16.1 Å². The molecule has 0 fully saturated rings. The van der Waals surface area contributed by atoms with Crippen LogP contribution in [-0.2, 0) is 4.79 Å². The number of nitrogens with one attached hydrogen (secondary N) is 2. The van der Waals surface area contributed by atoms with Crippen LogP contribution in [0, 0.1) is 0 Å². The first-order valence-electron chi connectivity index (χ1n) is 7.73. The van der Waals surface area contributed by atoms with Gasteiger partial charge < -0.3 is 5.32 Å². The molecule has 3 rings (SSSR count). The second-order valence-electron chi connectivity index (χ2n) is 5.41. The Morgan fingerprint density at radius 1 is 1.13 bits per heavy atom. The van der Waals surface area contributed by atoms with Gasteiger partial charge in [0.05, 0.1) is 11.6 Å². The zero-order valence-electron chi connectivity index (χ0n) is 13.0. The van der Waals surface area contributed by atoms with Gasteiger partial charge >= 0.3 is 0 Å². The third-order valence-corrected chi connectivity index (χ3v) is 3.87. The number of aromatic amines is 1. The number of benzene rings is 2. The Morgan fingerprint density at radius 3 is 2.65 bits per heavy atom. The number of hydrogen-bond acceptors (Lipinski definition) is 2. The quantitative estimate of drug-likeness (QED) is 0.742. The number of rotatable bonds is 5. The van der Waals surface area contributed by atoms with Crippen molar-refractivity contribution in [2.45, 2.75) is 19.3 Å². The van der Waals surface area contributed by atoms with Crippen molar-refractivity contribution in [1.29, 1.82) is 0 Å². The lowest BCUT2D eigenvalue weighted by molar-refractivity contribution is -0.117. The van der Waals surface area contributed by atoms with E-state index in [1.54, 1.807) is 6.20 Å². The monoisotopic (exact) mass is 305 g/mol. The lowest BCUT2D eigenvalue weighted by Crippen LogP contribution is -2.20. The van der Waals surface area contributed by atoms with Gasteiger partial charge in [-0.25, -0.2) is 0 Å². The smallest absolute Gasteiger partial charge is 0.231 e. The fraction of sp³-hybridized carbons (Fsp3) is 0.158. The van der Waals surface area contributed by atoms with Crippen molar-refractivity contribution in [1.82, 2.24) is 10.2 Å². The third-order valence-electron chi connectivity index (χ3n) is 3.87. The lowest BCUT2D eigenvalue weighted by Gasteiger charge is -2.15. The molecule has 0 aliphatic carbocycles. The fourth-order valence-electron chi connectivity index (χ4n) is 2.67. The Balaban J connectivity index is 1.78. The Labute approximate surface area is 135 Å². The van der Waals surface area contributed by atoms with E-state index in [2.05, 4.69) is 15.5 Å². The molecular weight excluding hydrogens is 286 g/mol. The number of amides is 1. The molecule has 0 radical (unpaired) electrons. The van der Waals surface area contributed by atoms with Gasteiger partial charge in [0.25, 0.3) is 0 Å². The van der Waals surface area contributed by atoms with Crippen LogP contribution >= 0.6 is 0 Å². The summed E-state index contributed by atoms with van der Waals surface area (Å²) in [5, 5.41) is 9.91. The van der Waals surface area contributed by atoms with E-state index in [9.17, 15) is 4.79 Å². The molecule has 23 heavy (non-hydrogen) atoms. The van der Waals surface area contributed by atoms with Gasteiger partial charge in [0, 0.05) is 17.4 Å². The maximum Gasteiger partial charge on any atom is 0.231 e. The number of carbonyl (C=O) groups excluding carboxylic acids is 1. The van der Waals surface area contributed by atoms with Crippen LogP contribution in [0.2, 0.25) is 0 Å². The molecule has 0 aliphatic rings. The van der Waals surface area contributed by atoms with Crippen molar-refractivity contribution < 1.29 is 4.79 Å². The zero-order chi connectivity index (χ0) is 16.1. The Bertz CT molecular complexity index is 766. The van der Waals surface area contributed by atoms with Crippen LogP contribution in [0.3, 0.4) is 0 Å². The molecular formula is C19H19N3O. The van der Waals surface area contributed by atoms with E-state index in [0.29, 0.717) is 0 Å². The van der Waals surface area contributed by atoms with Gasteiger partial charge in [0.1, 0.15) is 0 Å². The van der Waals surface area contributed by atoms with Gasteiger partial charge in [0.2, 0.25) is 5.91 Å². The number of nitrogens with zero attached hydrogens (tertiary/aromatic N) is 1. The summed E-state index contributed by atoms with van der Waals surface area (Å²) in [5.41, 5.74) is 3.75. The summed E-state index contributed by atoms with van der Waals surface area (Å²) >= 11 is 0. The minimum absolute atomic E-state index is 0.0143. The van der Waals surface area contributed by atoms with Crippen molar-refractivity contribution in [2.75, 3.05) is 5.32 Å². The normalized spacial score (nSPS) is 11.9. The SMILES string of the molecule is CC[C@H](C(=O)Nc1cccc(-c2ccn[nH]2)c1)c1ccccc1. The summed E-state index contributed by atoms with van der Waals surface area (Å²) in [6.07, 6.45) is 2.47. The molecule has 0 unspecified atom stereocenters. The second kappa shape index (κ2) is 6.92. The number of H-pyrrole nitrogens is 1. The first-order chi connectivity index (χ1) is 11.3. The first-order valence-corrected chi connectivity index (χ1v) is 7.73. The summed E-state index contributed by atoms with van der Waals surface area (Å²) < 4.78 is 0. The van der Waals surface area contributed by atoms with Crippen molar-refractivity contribution in [3.63, 3.8) is 0 Å². The highest BCUT2D eigenvalue weighted by atomic mass is 16.1. The average Bonchev–Trinajstić information content (AvgIpc) is 3.11. The summed E-state index contributed by atoms with van der Waals surface area (Å²) in [7, 11) is 0. The van der Waals surface area contributed by atoms with Crippen molar-refractivity contribution >= 4 is 11.6 Å². The molecule has 0 bridgehead atoms. The minimum atomic E-state index is -0.146. The van der Waals surface area contributed by atoms with Gasteiger partial charge in [0.15, 0.2) is 0 Å². The fourth-order valence-corrected chi connectivity index (χ4v) is 2.67. The van der Waals surface area contributed by atoms with E-state index in [0.717, 1.165) is 28.9 Å². The molecule has 4 nitrogen and oxygen atoms in total. The van der Waals surface area contributed by atoms with Crippen LogP contribution in [0.1, 0.15) is 24.8 Å². The van der Waals surface area contributed by atoms with Gasteiger partial charge in [-0.15, -0.1) is 0 Å². The van der Waals surface area contributed by atoms with Gasteiger partial charge in [-0.1, -0.05) is 49.4 Å². The van der Waals surface area contributed by atoms with E-state index in [-0.39, 0.29) is 11.8 Å². The minimum Gasteiger partial charge on any atom is -0.326 e. The Morgan fingerprint density at radius 2 is 1.96 bits per heavy atom. The summed E-state index contributed by atoms with van der Waals surface area (Å²) in [4.78, 5) is 12.6. The number of aromatic nitrogens is 2. The number of hydrogen-bond donors (Lipinski definition) is 2. The molecule has 0 saturated carbocycles. The van der Waals surface area contributed by atoms with E-state index in [1.807, 2.05) is 67.6 Å². The molecule has 4 heteroatoms. The maximum absolute atomic E-state index is 12.6. The third kappa shape index (κ3) is 3.48. The standard InChI is InChI=1S/C19H19N3O/c1-2-17(14-7-4-3-5-8-14)19(23)21-16-10-6-9-15(13-16)18-11-12-20-22-18/h3-13,17H,2H2,1H3,(H,20,22)(H,21,23)/t17-/m0/s1. The number of carbonyl (C=O) groups is 1. The second-order valence-corrected chi connectivity index (χ2v) is 5.41. The lowest BCUT2D eigenvalue weighted by atomic mass is 9.95. The average molecular weight is 305 g/mol. The number of anilines is 1. The zero-order valence-corrected chi connectivity index (χ0v) is 13.0. The van der Waals surface area contributed by atoms with Crippen LogP contribution in [0.4, 0.5) is 5.69 Å². The molecule has 116 valence electrons. The topological polar surface area (TPSA) is 57.8 Å². The van der Waals surface area contributed by atoms with E-state index in [4.69, 9.17) is 0 Å². The molecule has 2 N–H and O–H groups in total. The molecule has 0 saturated heterocycles.